The number of aryl methyl sites for hydroxylation is 1. The van der Waals surface area contributed by atoms with Crippen molar-refractivity contribution in [2.24, 2.45) is 11.8 Å². The molecule has 3 heterocycles. The third-order valence-corrected chi connectivity index (χ3v) is 8.19. The van der Waals surface area contributed by atoms with E-state index in [-0.39, 0.29) is 18.3 Å². The zero-order chi connectivity index (χ0) is 24.6. The van der Waals surface area contributed by atoms with Crippen molar-refractivity contribution in [1.29, 1.82) is 0 Å². The third-order valence-electron chi connectivity index (χ3n) is 7.25. The minimum Gasteiger partial charge on any atom is -0.497 e. The normalized spacial score (nSPS) is 19.6. The second-order valence-electron chi connectivity index (χ2n) is 9.57. The summed E-state index contributed by atoms with van der Waals surface area (Å²) in [6.45, 7) is 2.76. The zero-order valence-corrected chi connectivity index (χ0v) is 21.2. The predicted octanol–water partition coefficient (Wildman–Crippen LogP) is 6.53. The van der Waals surface area contributed by atoms with Gasteiger partial charge in [-0.2, -0.15) is 0 Å². The van der Waals surface area contributed by atoms with E-state index in [9.17, 15) is 9.90 Å². The van der Waals surface area contributed by atoms with Gasteiger partial charge in [0.2, 0.25) is 0 Å². The standard InChI is InChI=1S/C28H35FN2O3S/c1-34-22-8-10-27-25(18-22)24(11-13-30-27)26(29)9-7-20-12-15-31(19-21(20)17-28(32)33)14-3-2-5-23-6-4-16-35-23/h4,6,8,10-11,13,16,18,20-21,26H,2-3,5,7,9,12,14-15,17,19H2,1H3,(H,32,33)/t20-,21+,26+/m1/s1. The number of piperidine rings is 1. The van der Waals surface area contributed by atoms with Gasteiger partial charge in [-0.1, -0.05) is 6.07 Å². The number of aliphatic carboxylic acids is 1. The molecule has 0 bridgehead atoms. The maximum absolute atomic E-state index is 15.4. The number of benzene rings is 1. The quantitative estimate of drug-likeness (QED) is 0.288. The topological polar surface area (TPSA) is 62.7 Å². The molecule has 1 fully saturated rings. The van der Waals surface area contributed by atoms with Gasteiger partial charge in [0.05, 0.1) is 12.6 Å². The molecule has 3 atom stereocenters. The summed E-state index contributed by atoms with van der Waals surface area (Å²) in [5, 5.41) is 12.4. The van der Waals surface area contributed by atoms with Crippen molar-refractivity contribution < 1.29 is 19.0 Å². The first-order chi connectivity index (χ1) is 17.0. The van der Waals surface area contributed by atoms with Crippen LogP contribution in [0.2, 0.25) is 0 Å². The van der Waals surface area contributed by atoms with Crippen molar-refractivity contribution in [1.82, 2.24) is 9.88 Å². The first-order valence-corrected chi connectivity index (χ1v) is 13.4. The summed E-state index contributed by atoms with van der Waals surface area (Å²) in [5.74, 6) is 0.223. The van der Waals surface area contributed by atoms with E-state index in [0.717, 1.165) is 56.2 Å². The maximum Gasteiger partial charge on any atom is 0.303 e. The average molecular weight is 499 g/mol. The van der Waals surface area contributed by atoms with E-state index in [0.29, 0.717) is 24.2 Å². The van der Waals surface area contributed by atoms with Crippen molar-refractivity contribution in [3.63, 3.8) is 0 Å². The van der Waals surface area contributed by atoms with Crippen LogP contribution in [0, 0.1) is 11.8 Å². The molecule has 0 aliphatic carbocycles. The summed E-state index contributed by atoms with van der Waals surface area (Å²) in [5.41, 5.74) is 1.38. The van der Waals surface area contributed by atoms with Gasteiger partial charge >= 0.3 is 5.97 Å². The van der Waals surface area contributed by atoms with Crippen LogP contribution in [0.5, 0.6) is 5.75 Å². The minimum absolute atomic E-state index is 0.0695. The number of unbranched alkanes of at least 4 members (excludes halogenated alkanes) is 1. The number of rotatable bonds is 12. The highest BCUT2D eigenvalue weighted by Crippen LogP contribution is 2.36. The summed E-state index contributed by atoms with van der Waals surface area (Å²) in [7, 11) is 1.60. The Hall–Kier alpha value is -2.51. The summed E-state index contributed by atoms with van der Waals surface area (Å²) in [4.78, 5) is 19.8. The van der Waals surface area contributed by atoms with E-state index in [4.69, 9.17) is 4.74 Å². The number of methoxy groups -OCH3 is 1. The van der Waals surface area contributed by atoms with E-state index in [1.54, 1.807) is 30.7 Å². The predicted molar refractivity (Wildman–Crippen MR) is 139 cm³/mol. The fourth-order valence-electron chi connectivity index (χ4n) is 5.35. The highest BCUT2D eigenvalue weighted by molar-refractivity contribution is 7.09. The number of nitrogens with zero attached hydrogens (tertiary/aromatic N) is 2. The summed E-state index contributed by atoms with van der Waals surface area (Å²) < 4.78 is 20.8. The molecule has 0 spiro atoms. The van der Waals surface area contributed by atoms with Crippen LogP contribution in [0.25, 0.3) is 10.9 Å². The Labute approximate surface area is 210 Å². The first kappa shape index (κ1) is 25.6. The molecule has 1 aliphatic heterocycles. The molecular formula is C28H35FN2O3S. The number of likely N-dealkylation sites (tertiary alicyclic amines) is 1. The van der Waals surface area contributed by atoms with Crippen molar-refractivity contribution in [2.45, 2.75) is 51.1 Å². The monoisotopic (exact) mass is 498 g/mol. The summed E-state index contributed by atoms with van der Waals surface area (Å²) in [6, 6.07) is 11.6. The molecule has 188 valence electrons. The molecule has 7 heteroatoms. The van der Waals surface area contributed by atoms with Crippen molar-refractivity contribution >= 4 is 28.2 Å². The van der Waals surface area contributed by atoms with Gasteiger partial charge in [-0.25, -0.2) is 4.39 Å². The van der Waals surface area contributed by atoms with Crippen LogP contribution in [-0.2, 0) is 11.2 Å². The Morgan fingerprint density at radius 3 is 2.94 bits per heavy atom. The van der Waals surface area contributed by atoms with Gasteiger partial charge in [0, 0.05) is 29.4 Å². The Bertz CT molecular complexity index is 1090. The number of carboxylic acids is 1. The summed E-state index contributed by atoms with van der Waals surface area (Å²) >= 11 is 1.81. The lowest BCUT2D eigenvalue weighted by molar-refractivity contribution is -0.139. The van der Waals surface area contributed by atoms with Crippen molar-refractivity contribution in [3.05, 3.63) is 58.4 Å². The molecular weight excluding hydrogens is 463 g/mol. The fraction of sp³-hybridized carbons (Fsp3) is 0.500. The number of pyridine rings is 1. The molecule has 3 aromatic rings. The smallest absolute Gasteiger partial charge is 0.303 e. The Morgan fingerprint density at radius 1 is 1.29 bits per heavy atom. The minimum atomic E-state index is -1.12. The van der Waals surface area contributed by atoms with Gasteiger partial charge in [0.1, 0.15) is 11.9 Å². The highest BCUT2D eigenvalue weighted by Gasteiger charge is 2.31. The largest absolute Gasteiger partial charge is 0.497 e. The highest BCUT2D eigenvalue weighted by atomic mass is 32.1. The van der Waals surface area contributed by atoms with Crippen LogP contribution in [0.4, 0.5) is 4.39 Å². The van der Waals surface area contributed by atoms with Crippen molar-refractivity contribution in [2.75, 3.05) is 26.7 Å². The molecule has 5 nitrogen and oxygen atoms in total. The van der Waals surface area contributed by atoms with Gasteiger partial charge in [-0.3, -0.25) is 9.78 Å². The van der Waals surface area contributed by atoms with E-state index >= 15 is 4.39 Å². The fourth-order valence-corrected chi connectivity index (χ4v) is 6.10. The summed E-state index contributed by atoms with van der Waals surface area (Å²) in [6.07, 6.45) is 6.08. The Balaban J connectivity index is 1.32. The van der Waals surface area contributed by atoms with Gasteiger partial charge in [-0.15, -0.1) is 11.3 Å². The molecule has 0 amide bonds. The number of carboxylic acid groups (broad SMARTS) is 1. The van der Waals surface area contributed by atoms with Gasteiger partial charge in [-0.05, 0) is 105 Å². The van der Waals surface area contributed by atoms with E-state index in [1.807, 2.05) is 18.2 Å². The SMILES string of the molecule is COc1ccc2nccc([C@@H](F)CC[C@@H]3CCN(CCCCc4cccs4)C[C@@H]3CC(=O)O)c2c1. The van der Waals surface area contributed by atoms with Crippen LogP contribution >= 0.6 is 11.3 Å². The van der Waals surface area contributed by atoms with Crippen LogP contribution in [0.3, 0.4) is 0 Å². The van der Waals surface area contributed by atoms with Gasteiger partial charge in [0.25, 0.3) is 0 Å². The molecule has 0 unspecified atom stereocenters. The molecule has 1 saturated heterocycles. The molecule has 2 aromatic heterocycles. The zero-order valence-electron chi connectivity index (χ0n) is 20.4. The van der Waals surface area contributed by atoms with Gasteiger partial charge < -0.3 is 14.7 Å². The average Bonchev–Trinajstić information content (AvgIpc) is 3.38. The van der Waals surface area contributed by atoms with Gasteiger partial charge in [0.15, 0.2) is 0 Å². The number of thiophene rings is 1. The number of alkyl halides is 1. The lowest BCUT2D eigenvalue weighted by Gasteiger charge is -2.38. The molecule has 4 rings (SSSR count). The molecule has 1 aromatic carbocycles. The maximum atomic E-state index is 15.4. The number of halogens is 1. The van der Waals surface area contributed by atoms with Crippen LogP contribution < -0.4 is 4.74 Å². The van der Waals surface area contributed by atoms with Crippen LogP contribution in [0.1, 0.15) is 55.1 Å². The number of hydrogen-bond donors (Lipinski definition) is 1. The number of fused-ring (bicyclic) bond motifs is 1. The van der Waals surface area contributed by atoms with E-state index in [2.05, 4.69) is 27.4 Å². The number of hydrogen-bond acceptors (Lipinski definition) is 5. The molecule has 1 N–H and O–H groups in total. The molecule has 1 aliphatic rings. The first-order valence-electron chi connectivity index (χ1n) is 12.6. The number of ether oxygens (including phenoxy) is 1. The Kier molecular flexibility index (Phi) is 9.10. The third kappa shape index (κ3) is 7.01. The lowest BCUT2D eigenvalue weighted by Crippen LogP contribution is -2.41. The number of aromatic nitrogens is 1. The van der Waals surface area contributed by atoms with Crippen LogP contribution in [0.15, 0.2) is 48.0 Å². The molecule has 0 saturated carbocycles. The second kappa shape index (κ2) is 12.5. The molecule has 35 heavy (non-hydrogen) atoms. The van der Waals surface area contributed by atoms with Crippen LogP contribution in [-0.4, -0.2) is 47.7 Å². The lowest BCUT2D eigenvalue weighted by atomic mass is 9.79. The van der Waals surface area contributed by atoms with E-state index < -0.39 is 12.1 Å². The number of carbonyl (C=O) groups is 1. The molecule has 0 radical (unpaired) electrons. The van der Waals surface area contributed by atoms with Crippen molar-refractivity contribution in [3.8, 4) is 5.75 Å². The second-order valence-corrected chi connectivity index (χ2v) is 10.6. The Morgan fingerprint density at radius 2 is 2.17 bits per heavy atom. The van der Waals surface area contributed by atoms with E-state index in [1.165, 1.54) is 4.88 Å².